The van der Waals surface area contributed by atoms with Crippen LogP contribution in [0.1, 0.15) is 39.5 Å². The van der Waals surface area contributed by atoms with Gasteiger partial charge in [-0.25, -0.2) is 13.1 Å². The molecule has 0 aliphatic carbocycles. The maximum atomic E-state index is 12.4. The Morgan fingerprint density at radius 1 is 1.22 bits per heavy atom. The van der Waals surface area contributed by atoms with Crippen molar-refractivity contribution < 1.29 is 13.2 Å². The molecule has 27 heavy (non-hydrogen) atoms. The summed E-state index contributed by atoms with van der Waals surface area (Å²) in [5, 5.41) is 2.97. The van der Waals surface area contributed by atoms with Crippen molar-refractivity contribution in [3.8, 4) is 12.3 Å². The average Bonchev–Trinajstić information content (AvgIpc) is 2.68. The predicted octanol–water partition coefficient (Wildman–Crippen LogP) is 1.74. The summed E-state index contributed by atoms with van der Waals surface area (Å²) >= 11 is 0. The number of terminal acetylenes is 1. The number of sulfonamides is 1. The van der Waals surface area contributed by atoms with Gasteiger partial charge in [-0.15, -0.1) is 6.42 Å². The molecule has 1 aliphatic rings. The highest BCUT2D eigenvalue weighted by molar-refractivity contribution is 7.89. The number of hydrogen-bond acceptors (Lipinski definition) is 4. The summed E-state index contributed by atoms with van der Waals surface area (Å²) in [5.41, 5.74) is -0.583. The van der Waals surface area contributed by atoms with Crippen molar-refractivity contribution in [3.05, 3.63) is 30.3 Å². The Morgan fingerprint density at radius 3 is 2.33 bits per heavy atom. The lowest BCUT2D eigenvalue weighted by Gasteiger charge is -2.33. The third-order valence-electron chi connectivity index (χ3n) is 5.19. The van der Waals surface area contributed by atoms with E-state index in [0.29, 0.717) is 38.8 Å². The number of amides is 1. The van der Waals surface area contributed by atoms with Crippen LogP contribution in [0, 0.1) is 12.3 Å². The fourth-order valence-corrected chi connectivity index (χ4v) is 4.60. The van der Waals surface area contributed by atoms with E-state index in [1.54, 1.807) is 30.3 Å². The summed E-state index contributed by atoms with van der Waals surface area (Å²) in [6.07, 6.45) is 8.31. The summed E-state index contributed by atoms with van der Waals surface area (Å²) < 4.78 is 27.6. The second-order valence-electron chi connectivity index (χ2n) is 6.97. The van der Waals surface area contributed by atoms with E-state index in [4.69, 9.17) is 6.42 Å². The molecule has 0 unspecified atom stereocenters. The van der Waals surface area contributed by atoms with Crippen LogP contribution < -0.4 is 10.0 Å². The van der Waals surface area contributed by atoms with E-state index in [1.165, 1.54) is 0 Å². The molecular formula is C20H29N3O3S. The number of likely N-dealkylation sites (tertiary alicyclic amines) is 1. The third kappa shape index (κ3) is 5.80. The van der Waals surface area contributed by atoms with Crippen molar-refractivity contribution in [1.29, 1.82) is 0 Å². The summed E-state index contributed by atoms with van der Waals surface area (Å²) in [6, 6.07) is 8.25. The number of hydrogen-bond donors (Lipinski definition) is 2. The monoisotopic (exact) mass is 391 g/mol. The maximum absolute atomic E-state index is 12.4. The van der Waals surface area contributed by atoms with Crippen molar-refractivity contribution in [1.82, 2.24) is 14.9 Å². The van der Waals surface area contributed by atoms with E-state index in [1.807, 2.05) is 18.7 Å². The second kappa shape index (κ2) is 9.36. The summed E-state index contributed by atoms with van der Waals surface area (Å²) in [7, 11) is -3.50. The minimum atomic E-state index is -3.50. The number of nitrogens with zero attached hydrogens (tertiary/aromatic N) is 1. The second-order valence-corrected chi connectivity index (χ2v) is 8.68. The number of nitrogens with one attached hydrogen (secondary N) is 2. The molecule has 0 radical (unpaired) electrons. The fraction of sp³-hybridized carbons (Fsp3) is 0.550. The van der Waals surface area contributed by atoms with Gasteiger partial charge in [0.25, 0.3) is 0 Å². The molecule has 6 nitrogen and oxygen atoms in total. The van der Waals surface area contributed by atoms with Gasteiger partial charge in [-0.2, -0.15) is 0 Å². The van der Waals surface area contributed by atoms with Crippen molar-refractivity contribution in [3.63, 3.8) is 0 Å². The maximum Gasteiger partial charge on any atom is 0.240 e. The first-order valence-electron chi connectivity index (χ1n) is 9.42. The third-order valence-corrected chi connectivity index (χ3v) is 6.73. The lowest BCUT2D eigenvalue weighted by molar-refractivity contribution is -0.124. The number of piperidine rings is 1. The van der Waals surface area contributed by atoms with Gasteiger partial charge in [-0.05, 0) is 37.8 Å². The zero-order chi connectivity index (χ0) is 19.9. The highest BCUT2D eigenvalue weighted by Gasteiger charge is 2.28. The largest absolute Gasteiger partial charge is 0.339 e. The first kappa shape index (κ1) is 21.4. The first-order valence-corrected chi connectivity index (χ1v) is 10.9. The summed E-state index contributed by atoms with van der Waals surface area (Å²) in [6.45, 7) is 5.54. The highest BCUT2D eigenvalue weighted by atomic mass is 32.2. The van der Waals surface area contributed by atoms with Gasteiger partial charge in [0.2, 0.25) is 15.9 Å². The summed E-state index contributed by atoms with van der Waals surface area (Å²) in [4.78, 5) is 14.7. The molecule has 0 aromatic heterocycles. The molecule has 1 saturated heterocycles. The first-order chi connectivity index (χ1) is 12.8. The van der Waals surface area contributed by atoms with E-state index in [-0.39, 0.29) is 23.4 Å². The number of benzene rings is 1. The zero-order valence-corrected chi connectivity index (χ0v) is 16.9. The molecule has 1 aliphatic heterocycles. The SMILES string of the molecule is C#CC(CC)(CC)NC(=O)CN1CCC(NS(=O)(=O)c2ccccc2)CC1. The van der Waals surface area contributed by atoms with Crippen LogP contribution in [0.5, 0.6) is 0 Å². The van der Waals surface area contributed by atoms with Crippen molar-refractivity contribution >= 4 is 15.9 Å². The molecule has 2 N–H and O–H groups in total. The molecule has 0 atom stereocenters. The van der Waals surface area contributed by atoms with E-state index in [2.05, 4.69) is 16.0 Å². The molecule has 1 aromatic rings. The normalized spacial score (nSPS) is 16.6. The van der Waals surface area contributed by atoms with Crippen LogP contribution in [0.4, 0.5) is 0 Å². The van der Waals surface area contributed by atoms with E-state index >= 15 is 0 Å². The van der Waals surface area contributed by atoms with Gasteiger partial charge in [0.15, 0.2) is 0 Å². The molecule has 1 amide bonds. The molecule has 2 rings (SSSR count). The van der Waals surface area contributed by atoms with Crippen LogP contribution in [-0.4, -0.2) is 50.4 Å². The Bertz CT molecular complexity index is 759. The van der Waals surface area contributed by atoms with Crippen LogP contribution in [0.2, 0.25) is 0 Å². The molecule has 7 heteroatoms. The average molecular weight is 392 g/mol. The molecule has 1 fully saturated rings. The van der Waals surface area contributed by atoms with Crippen LogP contribution in [-0.2, 0) is 14.8 Å². The van der Waals surface area contributed by atoms with E-state index < -0.39 is 15.6 Å². The molecule has 0 saturated carbocycles. The van der Waals surface area contributed by atoms with Gasteiger partial charge in [0.1, 0.15) is 5.54 Å². The van der Waals surface area contributed by atoms with Crippen LogP contribution in [0.15, 0.2) is 35.2 Å². The molecule has 1 heterocycles. The molecular weight excluding hydrogens is 362 g/mol. The van der Waals surface area contributed by atoms with Gasteiger partial charge in [0.05, 0.1) is 11.4 Å². The fourth-order valence-electron chi connectivity index (χ4n) is 3.27. The van der Waals surface area contributed by atoms with Crippen LogP contribution in [0.25, 0.3) is 0 Å². The van der Waals surface area contributed by atoms with Crippen molar-refractivity contribution in [2.24, 2.45) is 0 Å². The van der Waals surface area contributed by atoms with Crippen molar-refractivity contribution in [2.75, 3.05) is 19.6 Å². The lowest BCUT2D eigenvalue weighted by atomic mass is 9.94. The minimum Gasteiger partial charge on any atom is -0.339 e. The quantitative estimate of drug-likeness (QED) is 0.662. The predicted molar refractivity (Wildman–Crippen MR) is 107 cm³/mol. The minimum absolute atomic E-state index is 0.0834. The Kier molecular flexibility index (Phi) is 7.42. The van der Waals surface area contributed by atoms with Gasteiger partial charge >= 0.3 is 0 Å². The Hall–Kier alpha value is -1.88. The topological polar surface area (TPSA) is 78.5 Å². The lowest BCUT2D eigenvalue weighted by Crippen LogP contribution is -2.52. The van der Waals surface area contributed by atoms with Crippen LogP contribution in [0.3, 0.4) is 0 Å². The standard InChI is InChI=1S/C20H29N3O3S/c1-4-20(5-2,6-3)21-19(24)16-23-14-12-17(13-15-23)22-27(25,26)18-10-8-7-9-11-18/h1,7-11,17,22H,5-6,12-16H2,2-3H3,(H,21,24). The number of rotatable bonds is 8. The Labute approximate surface area is 162 Å². The number of carbonyl (C=O) groups excluding carboxylic acids is 1. The van der Waals surface area contributed by atoms with Crippen molar-refractivity contribution in [2.45, 2.75) is 56.0 Å². The van der Waals surface area contributed by atoms with Gasteiger partial charge < -0.3 is 5.32 Å². The van der Waals surface area contributed by atoms with Gasteiger partial charge in [-0.3, -0.25) is 9.69 Å². The molecule has 0 bridgehead atoms. The molecule has 1 aromatic carbocycles. The van der Waals surface area contributed by atoms with Crippen LogP contribution >= 0.6 is 0 Å². The smallest absolute Gasteiger partial charge is 0.240 e. The number of carbonyl (C=O) groups is 1. The highest BCUT2D eigenvalue weighted by Crippen LogP contribution is 2.16. The molecule has 0 spiro atoms. The van der Waals surface area contributed by atoms with E-state index in [9.17, 15) is 13.2 Å². The van der Waals surface area contributed by atoms with E-state index in [0.717, 1.165) is 0 Å². The Balaban J connectivity index is 1.83. The summed E-state index contributed by atoms with van der Waals surface area (Å²) in [5.74, 6) is 2.62. The van der Waals surface area contributed by atoms with Gasteiger partial charge in [0, 0.05) is 19.1 Å². The van der Waals surface area contributed by atoms with Gasteiger partial charge in [-0.1, -0.05) is 38.0 Å². The zero-order valence-electron chi connectivity index (χ0n) is 16.1. The Morgan fingerprint density at radius 2 is 1.81 bits per heavy atom. The molecule has 148 valence electrons.